The Labute approximate surface area is 190 Å². The molecule has 0 spiro atoms. The van der Waals surface area contributed by atoms with E-state index in [-0.39, 0.29) is 11.7 Å². The van der Waals surface area contributed by atoms with Gasteiger partial charge in [0.15, 0.2) is 22.8 Å². The number of carbonyl (C=O) groups is 2. The molecule has 168 valence electrons. The number of amides is 1. The van der Waals surface area contributed by atoms with Crippen LogP contribution in [-0.2, 0) is 14.3 Å². The highest BCUT2D eigenvalue weighted by Gasteiger charge is 2.33. The second-order valence-corrected chi connectivity index (χ2v) is 7.78. The van der Waals surface area contributed by atoms with Gasteiger partial charge >= 0.3 is 5.97 Å². The van der Waals surface area contributed by atoms with Crippen LogP contribution in [0.5, 0.6) is 11.5 Å². The van der Waals surface area contributed by atoms with Crippen LogP contribution in [0.2, 0.25) is 0 Å². The van der Waals surface area contributed by atoms with Gasteiger partial charge in [-0.05, 0) is 43.0 Å². The molecule has 1 heterocycles. The second-order valence-electron chi connectivity index (χ2n) is 6.77. The summed E-state index contributed by atoms with van der Waals surface area (Å²) in [6.07, 6.45) is 0.566. The number of hydrogen-bond donors (Lipinski definition) is 1. The van der Waals surface area contributed by atoms with Crippen molar-refractivity contribution < 1.29 is 28.9 Å². The molecule has 0 aromatic heterocycles. The van der Waals surface area contributed by atoms with E-state index in [1.165, 1.54) is 25.8 Å². The zero-order valence-corrected chi connectivity index (χ0v) is 18.8. The fourth-order valence-corrected chi connectivity index (χ4v) is 3.90. The van der Waals surface area contributed by atoms with Crippen molar-refractivity contribution >= 4 is 40.6 Å². The molecular formula is C23H24N2O6S. The number of thioether (sulfide) groups is 1. The molecule has 8 nitrogen and oxygen atoms in total. The van der Waals surface area contributed by atoms with Gasteiger partial charge in [-0.3, -0.25) is 9.69 Å². The number of ether oxygens (including phenoxy) is 3. The summed E-state index contributed by atoms with van der Waals surface area (Å²) in [7, 11) is 3.04. The number of para-hydroxylation sites is 2. The van der Waals surface area contributed by atoms with Crippen molar-refractivity contribution in [2.24, 2.45) is 4.99 Å². The molecule has 1 aliphatic rings. The Morgan fingerprint density at radius 2 is 1.94 bits per heavy atom. The Kier molecular flexibility index (Phi) is 7.91. The maximum Gasteiger partial charge on any atom is 0.344 e. The van der Waals surface area contributed by atoms with Crippen molar-refractivity contribution in [3.05, 3.63) is 59.0 Å². The van der Waals surface area contributed by atoms with Gasteiger partial charge in [0, 0.05) is 12.7 Å². The number of methoxy groups -OCH3 is 2. The van der Waals surface area contributed by atoms with Gasteiger partial charge in [0.25, 0.3) is 5.91 Å². The molecule has 0 saturated carbocycles. The third kappa shape index (κ3) is 5.49. The van der Waals surface area contributed by atoms with E-state index in [9.17, 15) is 14.7 Å². The summed E-state index contributed by atoms with van der Waals surface area (Å²) in [5, 5.41) is 9.78. The lowest BCUT2D eigenvalue weighted by atomic mass is 10.1. The Morgan fingerprint density at radius 1 is 1.19 bits per heavy atom. The van der Waals surface area contributed by atoms with Crippen LogP contribution in [0, 0.1) is 0 Å². The van der Waals surface area contributed by atoms with Crippen LogP contribution in [0.3, 0.4) is 0 Å². The van der Waals surface area contributed by atoms with Crippen LogP contribution >= 0.6 is 11.8 Å². The quantitative estimate of drug-likeness (QED) is 0.573. The summed E-state index contributed by atoms with van der Waals surface area (Å²) in [6.45, 7) is 2.14. The van der Waals surface area contributed by atoms with Crippen LogP contribution < -0.4 is 9.47 Å². The largest absolute Gasteiger partial charge is 0.493 e. The van der Waals surface area contributed by atoms with Crippen molar-refractivity contribution in [3.63, 3.8) is 0 Å². The van der Waals surface area contributed by atoms with Crippen LogP contribution in [0.15, 0.2) is 58.4 Å². The van der Waals surface area contributed by atoms with E-state index >= 15 is 0 Å². The van der Waals surface area contributed by atoms with Crippen molar-refractivity contribution in [1.29, 1.82) is 0 Å². The van der Waals surface area contributed by atoms with Crippen molar-refractivity contribution in [3.8, 4) is 11.5 Å². The average Bonchev–Trinajstić information content (AvgIpc) is 3.07. The number of benzene rings is 2. The molecule has 0 bridgehead atoms. The van der Waals surface area contributed by atoms with E-state index < -0.39 is 12.1 Å². The molecule has 2 aromatic rings. The van der Waals surface area contributed by atoms with Gasteiger partial charge in [-0.2, -0.15) is 0 Å². The topological polar surface area (TPSA) is 97.7 Å². The summed E-state index contributed by atoms with van der Waals surface area (Å²) >= 11 is 1.23. The van der Waals surface area contributed by atoms with E-state index in [0.717, 1.165) is 5.69 Å². The summed E-state index contributed by atoms with van der Waals surface area (Å²) in [5.41, 5.74) is 1.26. The number of rotatable bonds is 9. The zero-order chi connectivity index (χ0) is 23.1. The maximum atomic E-state index is 13.1. The highest BCUT2D eigenvalue weighted by Crippen LogP contribution is 2.38. The lowest BCUT2D eigenvalue weighted by molar-refractivity contribution is -0.144. The van der Waals surface area contributed by atoms with Crippen molar-refractivity contribution in [2.75, 3.05) is 27.4 Å². The first-order valence-corrected chi connectivity index (χ1v) is 10.7. The number of aliphatic carboxylic acids is 1. The predicted octanol–water partition coefficient (Wildman–Crippen LogP) is 3.80. The minimum Gasteiger partial charge on any atom is -0.493 e. The Hall–Kier alpha value is -3.30. The van der Waals surface area contributed by atoms with Gasteiger partial charge in [0.05, 0.1) is 30.9 Å². The van der Waals surface area contributed by atoms with E-state index in [2.05, 4.69) is 4.99 Å². The number of aliphatic imine (C=N–C) groups is 1. The van der Waals surface area contributed by atoms with Gasteiger partial charge in [0.1, 0.15) is 0 Å². The van der Waals surface area contributed by atoms with Gasteiger partial charge in [-0.15, -0.1) is 0 Å². The molecule has 0 aliphatic carbocycles. The molecule has 2 aromatic carbocycles. The standard InChI is InChI=1S/C23H24N2O6S/c1-15(22(27)28)31-20-16(8-7-11-18(20)30-3)14-19-21(26)25(12-13-29-2)23(32-19)24-17-9-5-4-6-10-17/h4-11,14-15H,12-13H2,1-3H3,(H,27,28)/b19-14-,24-23?/t15-/m0/s1. The summed E-state index contributed by atoms with van der Waals surface area (Å²) < 4.78 is 16.1. The van der Waals surface area contributed by atoms with Gasteiger partial charge in [-0.25, -0.2) is 9.79 Å². The molecule has 32 heavy (non-hydrogen) atoms. The molecule has 1 amide bonds. The molecule has 3 rings (SSSR count). The third-order valence-electron chi connectivity index (χ3n) is 4.55. The number of carboxylic acids is 1. The summed E-state index contributed by atoms with van der Waals surface area (Å²) in [4.78, 5) is 31.1. The maximum absolute atomic E-state index is 13.1. The SMILES string of the molecule is COCCN1C(=O)/C(=C/c2cccc(OC)c2O[C@@H](C)C(=O)O)SC1=Nc1ccccc1. The molecular weight excluding hydrogens is 432 g/mol. The Balaban J connectivity index is 2.00. The van der Waals surface area contributed by atoms with Gasteiger partial charge in [-0.1, -0.05) is 30.3 Å². The number of hydrogen-bond acceptors (Lipinski definition) is 7. The molecule has 1 aliphatic heterocycles. The molecule has 1 N–H and O–H groups in total. The van der Waals surface area contributed by atoms with E-state index in [4.69, 9.17) is 14.2 Å². The molecule has 1 saturated heterocycles. The monoisotopic (exact) mass is 456 g/mol. The minimum atomic E-state index is -1.11. The summed E-state index contributed by atoms with van der Waals surface area (Å²) in [6, 6.07) is 14.5. The first kappa shape index (κ1) is 23.4. The van der Waals surface area contributed by atoms with Crippen molar-refractivity contribution in [2.45, 2.75) is 13.0 Å². The number of carboxylic acid groups (broad SMARTS) is 1. The predicted molar refractivity (Wildman–Crippen MR) is 123 cm³/mol. The summed E-state index contributed by atoms with van der Waals surface area (Å²) in [5.74, 6) is -0.703. The fourth-order valence-electron chi connectivity index (χ4n) is 2.89. The average molecular weight is 457 g/mol. The highest BCUT2D eigenvalue weighted by molar-refractivity contribution is 8.18. The highest BCUT2D eigenvalue weighted by atomic mass is 32.2. The number of carbonyl (C=O) groups excluding carboxylic acids is 1. The first-order chi connectivity index (χ1) is 15.4. The van der Waals surface area contributed by atoms with E-state index in [0.29, 0.717) is 34.5 Å². The molecule has 0 radical (unpaired) electrons. The fraction of sp³-hybridized carbons (Fsp3) is 0.261. The van der Waals surface area contributed by atoms with Crippen LogP contribution in [0.4, 0.5) is 5.69 Å². The van der Waals surface area contributed by atoms with Crippen LogP contribution in [0.25, 0.3) is 6.08 Å². The normalized spacial score (nSPS) is 17.1. The molecule has 9 heteroatoms. The Bertz CT molecular complexity index is 1040. The van der Waals surface area contributed by atoms with E-state index in [1.54, 1.807) is 36.3 Å². The molecule has 1 fully saturated rings. The lowest BCUT2D eigenvalue weighted by Crippen LogP contribution is -2.32. The van der Waals surface area contributed by atoms with E-state index in [1.807, 2.05) is 30.3 Å². The number of nitrogens with zero attached hydrogens (tertiary/aromatic N) is 2. The zero-order valence-electron chi connectivity index (χ0n) is 18.0. The lowest BCUT2D eigenvalue weighted by Gasteiger charge is -2.16. The van der Waals surface area contributed by atoms with Crippen LogP contribution in [0.1, 0.15) is 12.5 Å². The minimum absolute atomic E-state index is 0.221. The smallest absolute Gasteiger partial charge is 0.344 e. The molecule has 1 atom stereocenters. The second kappa shape index (κ2) is 10.8. The number of amidine groups is 1. The van der Waals surface area contributed by atoms with Crippen LogP contribution in [-0.4, -0.2) is 60.5 Å². The molecule has 0 unspecified atom stereocenters. The third-order valence-corrected chi connectivity index (χ3v) is 5.55. The Morgan fingerprint density at radius 3 is 2.59 bits per heavy atom. The first-order valence-electron chi connectivity index (χ1n) is 9.85. The van der Waals surface area contributed by atoms with Crippen molar-refractivity contribution in [1.82, 2.24) is 4.90 Å². The van der Waals surface area contributed by atoms with Gasteiger partial charge < -0.3 is 19.3 Å². The van der Waals surface area contributed by atoms with Gasteiger partial charge in [0.2, 0.25) is 0 Å².